The van der Waals surface area contributed by atoms with E-state index in [1.54, 1.807) is 11.8 Å². The van der Waals surface area contributed by atoms with Gasteiger partial charge in [0.2, 0.25) is 0 Å². The fourth-order valence-corrected chi connectivity index (χ4v) is 1.14. The molecule has 0 aliphatic heterocycles. The monoisotopic (exact) mass is 163 g/mol. The number of aryl methyl sites for hydroxylation is 1. The Balaban J connectivity index is 2.71. The number of fused-ring (bicyclic) bond motifs is 1. The van der Waals surface area contributed by atoms with E-state index in [1.807, 2.05) is 25.2 Å². The Labute approximate surface area is 69.8 Å². The van der Waals surface area contributed by atoms with Gasteiger partial charge in [0.1, 0.15) is 11.3 Å². The number of rotatable bonds is 1. The van der Waals surface area contributed by atoms with Crippen LogP contribution in [-0.4, -0.2) is 22.1 Å². The Bertz CT molecular complexity index is 408. The molecule has 0 spiro atoms. The number of ether oxygens (including phenoxy) is 1. The molecule has 4 heteroatoms. The van der Waals surface area contributed by atoms with Gasteiger partial charge < -0.3 is 4.74 Å². The first-order valence-corrected chi connectivity index (χ1v) is 3.64. The normalized spacial score (nSPS) is 10.5. The van der Waals surface area contributed by atoms with Gasteiger partial charge in [0.25, 0.3) is 0 Å². The van der Waals surface area contributed by atoms with Crippen molar-refractivity contribution in [1.82, 2.24) is 15.0 Å². The molecule has 0 N–H and O–H groups in total. The third-order valence-electron chi connectivity index (χ3n) is 1.82. The maximum Gasteiger partial charge on any atom is 0.121 e. The largest absolute Gasteiger partial charge is 0.497 e. The summed E-state index contributed by atoms with van der Waals surface area (Å²) in [5, 5.41) is 7.83. The standard InChI is InChI=1S/C8H9N3O/c1-11-8-5-6(12-2)3-4-7(8)9-10-11/h3-5H,1-2H3. The molecule has 0 unspecified atom stereocenters. The molecule has 62 valence electrons. The number of hydrogen-bond acceptors (Lipinski definition) is 3. The highest BCUT2D eigenvalue weighted by Crippen LogP contribution is 2.17. The zero-order chi connectivity index (χ0) is 8.55. The lowest BCUT2D eigenvalue weighted by Crippen LogP contribution is -1.89. The molecule has 0 aliphatic carbocycles. The van der Waals surface area contributed by atoms with E-state index < -0.39 is 0 Å². The minimum absolute atomic E-state index is 0.827. The number of methoxy groups -OCH3 is 1. The minimum atomic E-state index is 0.827. The van der Waals surface area contributed by atoms with Crippen molar-refractivity contribution in [3.63, 3.8) is 0 Å². The average molecular weight is 163 g/mol. The van der Waals surface area contributed by atoms with Crippen molar-refractivity contribution in [2.24, 2.45) is 7.05 Å². The highest BCUT2D eigenvalue weighted by atomic mass is 16.5. The molecule has 4 nitrogen and oxygen atoms in total. The highest BCUT2D eigenvalue weighted by Gasteiger charge is 2.01. The summed E-state index contributed by atoms with van der Waals surface area (Å²) in [7, 11) is 3.50. The zero-order valence-electron chi connectivity index (χ0n) is 6.98. The summed E-state index contributed by atoms with van der Waals surface area (Å²) in [5.41, 5.74) is 1.87. The third kappa shape index (κ3) is 0.922. The molecular weight excluding hydrogens is 154 g/mol. The van der Waals surface area contributed by atoms with Crippen LogP contribution in [0.3, 0.4) is 0 Å². The Morgan fingerprint density at radius 1 is 1.42 bits per heavy atom. The van der Waals surface area contributed by atoms with Crippen LogP contribution < -0.4 is 4.74 Å². The summed E-state index contributed by atoms with van der Waals surface area (Å²) < 4.78 is 6.80. The maximum atomic E-state index is 5.08. The van der Waals surface area contributed by atoms with Crippen molar-refractivity contribution in [3.8, 4) is 5.75 Å². The molecule has 1 aromatic carbocycles. The van der Waals surface area contributed by atoms with Crippen molar-refractivity contribution in [1.29, 1.82) is 0 Å². The van der Waals surface area contributed by atoms with Gasteiger partial charge in [0.05, 0.1) is 12.6 Å². The van der Waals surface area contributed by atoms with Crippen molar-refractivity contribution in [2.75, 3.05) is 7.11 Å². The summed E-state index contributed by atoms with van der Waals surface area (Å²) >= 11 is 0. The molecule has 0 radical (unpaired) electrons. The molecule has 2 aromatic rings. The quantitative estimate of drug-likeness (QED) is 0.629. The van der Waals surface area contributed by atoms with Crippen molar-refractivity contribution in [2.45, 2.75) is 0 Å². The van der Waals surface area contributed by atoms with Gasteiger partial charge in [0, 0.05) is 13.1 Å². The van der Waals surface area contributed by atoms with Crippen LogP contribution in [0.1, 0.15) is 0 Å². The molecule has 0 aliphatic rings. The van der Waals surface area contributed by atoms with Gasteiger partial charge in [-0.05, 0) is 12.1 Å². The van der Waals surface area contributed by atoms with Gasteiger partial charge in [0.15, 0.2) is 0 Å². The van der Waals surface area contributed by atoms with E-state index in [0.29, 0.717) is 0 Å². The molecular formula is C8H9N3O. The molecule has 0 fully saturated rings. The number of hydrogen-bond donors (Lipinski definition) is 0. The van der Waals surface area contributed by atoms with E-state index in [-0.39, 0.29) is 0 Å². The van der Waals surface area contributed by atoms with Crippen molar-refractivity contribution >= 4 is 11.0 Å². The van der Waals surface area contributed by atoms with Gasteiger partial charge in [-0.2, -0.15) is 0 Å². The van der Waals surface area contributed by atoms with Crippen molar-refractivity contribution < 1.29 is 4.74 Å². The van der Waals surface area contributed by atoms with E-state index in [0.717, 1.165) is 16.8 Å². The Morgan fingerprint density at radius 3 is 3.00 bits per heavy atom. The van der Waals surface area contributed by atoms with Crippen LogP contribution in [0, 0.1) is 0 Å². The second-order valence-corrected chi connectivity index (χ2v) is 2.57. The second-order valence-electron chi connectivity index (χ2n) is 2.57. The van der Waals surface area contributed by atoms with Crippen LogP contribution in [0.25, 0.3) is 11.0 Å². The molecule has 1 heterocycles. The van der Waals surface area contributed by atoms with Crippen LogP contribution in [-0.2, 0) is 7.05 Å². The summed E-state index contributed by atoms with van der Waals surface area (Å²) in [5.74, 6) is 0.827. The molecule has 1 aromatic heterocycles. The number of nitrogens with zero attached hydrogens (tertiary/aromatic N) is 3. The molecule has 2 rings (SSSR count). The van der Waals surface area contributed by atoms with Crippen LogP contribution >= 0.6 is 0 Å². The number of aromatic nitrogens is 3. The first-order valence-electron chi connectivity index (χ1n) is 3.64. The fraction of sp³-hybridized carbons (Fsp3) is 0.250. The Hall–Kier alpha value is -1.58. The van der Waals surface area contributed by atoms with E-state index in [1.165, 1.54) is 0 Å². The van der Waals surface area contributed by atoms with Gasteiger partial charge >= 0.3 is 0 Å². The SMILES string of the molecule is COc1ccc2nnn(C)c2c1. The first kappa shape index (κ1) is 7.09. The van der Waals surface area contributed by atoms with E-state index in [9.17, 15) is 0 Å². The predicted molar refractivity (Wildman–Crippen MR) is 45.1 cm³/mol. The topological polar surface area (TPSA) is 39.9 Å². The molecule has 0 atom stereocenters. The van der Waals surface area contributed by atoms with E-state index >= 15 is 0 Å². The summed E-state index contributed by atoms with van der Waals surface area (Å²) in [6.45, 7) is 0. The third-order valence-corrected chi connectivity index (χ3v) is 1.82. The van der Waals surface area contributed by atoms with Crippen LogP contribution in [0.4, 0.5) is 0 Å². The zero-order valence-corrected chi connectivity index (χ0v) is 6.98. The molecule has 0 amide bonds. The van der Waals surface area contributed by atoms with E-state index in [4.69, 9.17) is 4.74 Å². The smallest absolute Gasteiger partial charge is 0.121 e. The summed E-state index contributed by atoms with van der Waals surface area (Å²) in [6.07, 6.45) is 0. The number of benzene rings is 1. The molecule has 0 saturated heterocycles. The Kier molecular flexibility index (Phi) is 1.46. The molecule has 0 saturated carbocycles. The summed E-state index contributed by atoms with van der Waals surface area (Å²) in [4.78, 5) is 0. The van der Waals surface area contributed by atoms with Crippen LogP contribution in [0.15, 0.2) is 18.2 Å². The van der Waals surface area contributed by atoms with Gasteiger partial charge in [-0.25, -0.2) is 4.68 Å². The Morgan fingerprint density at radius 2 is 2.25 bits per heavy atom. The fourth-order valence-electron chi connectivity index (χ4n) is 1.14. The highest BCUT2D eigenvalue weighted by molar-refractivity contribution is 5.75. The van der Waals surface area contributed by atoms with Crippen LogP contribution in [0.2, 0.25) is 0 Å². The van der Waals surface area contributed by atoms with Gasteiger partial charge in [-0.1, -0.05) is 5.21 Å². The first-order chi connectivity index (χ1) is 5.81. The lowest BCUT2D eigenvalue weighted by atomic mass is 10.3. The van der Waals surface area contributed by atoms with Crippen LogP contribution in [0.5, 0.6) is 5.75 Å². The van der Waals surface area contributed by atoms with Gasteiger partial charge in [-0.15, -0.1) is 5.10 Å². The lowest BCUT2D eigenvalue weighted by molar-refractivity contribution is 0.415. The summed E-state index contributed by atoms with van der Waals surface area (Å²) in [6, 6.07) is 5.67. The van der Waals surface area contributed by atoms with Gasteiger partial charge in [-0.3, -0.25) is 0 Å². The second kappa shape index (κ2) is 2.48. The lowest BCUT2D eigenvalue weighted by Gasteiger charge is -1.98. The molecule has 12 heavy (non-hydrogen) atoms. The predicted octanol–water partition coefficient (Wildman–Crippen LogP) is 0.977. The molecule has 0 bridgehead atoms. The van der Waals surface area contributed by atoms with Crippen molar-refractivity contribution in [3.05, 3.63) is 18.2 Å². The average Bonchev–Trinajstić information content (AvgIpc) is 2.47. The maximum absolute atomic E-state index is 5.08. The minimum Gasteiger partial charge on any atom is -0.497 e. The van der Waals surface area contributed by atoms with E-state index in [2.05, 4.69) is 10.3 Å².